The van der Waals surface area contributed by atoms with Gasteiger partial charge in [-0.1, -0.05) is 102 Å². The number of hydrogen-bond donors (Lipinski definition) is 1. The van der Waals surface area contributed by atoms with Gasteiger partial charge >= 0.3 is 0 Å². The topological polar surface area (TPSA) is 46.5 Å². The van der Waals surface area contributed by atoms with Gasteiger partial charge in [0.2, 0.25) is 0 Å². The van der Waals surface area contributed by atoms with Gasteiger partial charge in [0.25, 0.3) is 0 Å². The summed E-state index contributed by atoms with van der Waals surface area (Å²) in [6.07, 6.45) is 0. The van der Waals surface area contributed by atoms with Crippen molar-refractivity contribution in [3.05, 3.63) is 150 Å². The highest BCUT2D eigenvalue weighted by Crippen LogP contribution is 2.42. The number of benzene rings is 7. The maximum Gasteiger partial charge on any atom is 0.167 e. The fourth-order valence-corrected chi connectivity index (χ4v) is 7.64. The van der Waals surface area contributed by atoms with Gasteiger partial charge in [0, 0.05) is 38.3 Å². The standard InChI is InChI=1S/C42H24Cl2N4/c43-41-42(44)47-37-23-26(14-18-36(37)46-41)28-10-6-11-31-29(28)16-20-39-40(31)33-22-25(15-19-38(33)48(39)27-7-2-1-3-8-27)24-13-17-35-32(21-24)30-9-4-5-12-34(30)45-35/h1-23,45H. The zero-order chi connectivity index (χ0) is 31.9. The van der Waals surface area contributed by atoms with Gasteiger partial charge in [-0.15, -0.1) is 0 Å². The van der Waals surface area contributed by atoms with Gasteiger partial charge in [-0.2, -0.15) is 0 Å². The molecule has 1 N–H and O–H groups in total. The molecule has 0 amide bonds. The van der Waals surface area contributed by atoms with E-state index in [1.165, 1.54) is 43.6 Å². The lowest BCUT2D eigenvalue weighted by atomic mass is 9.94. The van der Waals surface area contributed by atoms with Crippen molar-refractivity contribution in [2.75, 3.05) is 0 Å². The van der Waals surface area contributed by atoms with E-state index < -0.39 is 0 Å². The first-order chi connectivity index (χ1) is 23.6. The van der Waals surface area contributed by atoms with Gasteiger partial charge in [0.15, 0.2) is 10.3 Å². The van der Waals surface area contributed by atoms with Gasteiger partial charge in [0.1, 0.15) is 0 Å². The van der Waals surface area contributed by atoms with Gasteiger partial charge in [0.05, 0.1) is 22.1 Å². The number of aromatic nitrogens is 4. The number of hydrogen-bond acceptors (Lipinski definition) is 2. The highest BCUT2D eigenvalue weighted by Gasteiger charge is 2.18. The molecule has 10 rings (SSSR count). The van der Waals surface area contributed by atoms with Crippen molar-refractivity contribution in [2.45, 2.75) is 0 Å². The first kappa shape index (κ1) is 27.4. The minimum atomic E-state index is 0.203. The number of H-pyrrole nitrogens is 1. The van der Waals surface area contributed by atoms with Crippen LogP contribution in [0.25, 0.3) is 93.4 Å². The molecule has 10 aromatic rings. The van der Waals surface area contributed by atoms with Crippen LogP contribution in [0.5, 0.6) is 0 Å². The lowest BCUT2D eigenvalue weighted by molar-refractivity contribution is 1.18. The van der Waals surface area contributed by atoms with E-state index >= 15 is 0 Å². The second kappa shape index (κ2) is 10.4. The zero-order valence-corrected chi connectivity index (χ0v) is 26.9. The SMILES string of the molecule is Clc1nc2ccc(-c3cccc4c3ccc3c4c4cc(-c5ccc6[nH]c7ccccc7c6c5)ccc4n3-c3ccccc3)cc2nc1Cl. The minimum Gasteiger partial charge on any atom is -0.355 e. The molecular weight excluding hydrogens is 631 g/mol. The van der Waals surface area contributed by atoms with Gasteiger partial charge in [-0.05, 0) is 93.7 Å². The normalized spacial score (nSPS) is 12.0. The van der Waals surface area contributed by atoms with Crippen LogP contribution in [0.2, 0.25) is 10.3 Å². The molecule has 0 aliphatic heterocycles. The Kier molecular flexibility index (Phi) is 5.95. The van der Waals surface area contributed by atoms with E-state index in [-0.39, 0.29) is 10.3 Å². The fraction of sp³-hybridized carbons (Fsp3) is 0. The quantitative estimate of drug-likeness (QED) is 0.206. The lowest BCUT2D eigenvalue weighted by Crippen LogP contribution is -1.93. The number of aromatic amines is 1. The summed E-state index contributed by atoms with van der Waals surface area (Å²) in [7, 11) is 0. The highest BCUT2D eigenvalue weighted by molar-refractivity contribution is 6.40. The summed E-state index contributed by atoms with van der Waals surface area (Å²) in [4.78, 5) is 12.5. The lowest BCUT2D eigenvalue weighted by Gasteiger charge is -2.11. The Balaban J connectivity index is 1.24. The van der Waals surface area contributed by atoms with Crippen molar-refractivity contribution in [3.63, 3.8) is 0 Å². The molecule has 7 aromatic carbocycles. The van der Waals surface area contributed by atoms with Crippen LogP contribution in [-0.2, 0) is 0 Å². The fourth-order valence-electron chi connectivity index (χ4n) is 7.37. The molecule has 0 saturated heterocycles. The maximum absolute atomic E-state index is 6.25. The molecule has 0 radical (unpaired) electrons. The molecule has 0 unspecified atom stereocenters. The number of fused-ring (bicyclic) bond motifs is 9. The van der Waals surface area contributed by atoms with Crippen LogP contribution in [0, 0.1) is 0 Å². The van der Waals surface area contributed by atoms with E-state index in [1.54, 1.807) is 0 Å². The molecule has 4 nitrogen and oxygen atoms in total. The Hall–Kier alpha value is -5.68. The van der Waals surface area contributed by atoms with Crippen molar-refractivity contribution in [3.8, 4) is 27.9 Å². The third-order valence-corrected chi connectivity index (χ3v) is 10.2. The van der Waals surface area contributed by atoms with Crippen molar-refractivity contribution in [2.24, 2.45) is 0 Å². The Labute approximate surface area is 284 Å². The number of halogens is 2. The van der Waals surface area contributed by atoms with E-state index in [0.29, 0.717) is 11.0 Å². The van der Waals surface area contributed by atoms with Gasteiger partial charge in [-0.25, -0.2) is 9.97 Å². The summed E-state index contributed by atoms with van der Waals surface area (Å²) in [5.74, 6) is 0. The number of rotatable bonds is 3. The van der Waals surface area contributed by atoms with Gasteiger partial charge in [-0.3, -0.25) is 0 Å². The summed E-state index contributed by atoms with van der Waals surface area (Å²) in [5, 5.41) is 7.66. The summed E-state index contributed by atoms with van der Waals surface area (Å²) in [5.41, 5.74) is 11.7. The third-order valence-electron chi connectivity index (χ3n) is 9.53. The molecule has 0 spiro atoms. The molecule has 0 bridgehead atoms. The minimum absolute atomic E-state index is 0.203. The van der Waals surface area contributed by atoms with Crippen LogP contribution in [-0.4, -0.2) is 19.5 Å². The first-order valence-corrected chi connectivity index (χ1v) is 16.6. The highest BCUT2D eigenvalue weighted by atomic mass is 35.5. The van der Waals surface area contributed by atoms with Crippen LogP contribution < -0.4 is 0 Å². The van der Waals surface area contributed by atoms with E-state index in [4.69, 9.17) is 23.2 Å². The van der Waals surface area contributed by atoms with Crippen molar-refractivity contribution < 1.29 is 0 Å². The second-order valence-corrected chi connectivity index (χ2v) is 12.9. The molecule has 0 aliphatic carbocycles. The third kappa shape index (κ3) is 4.10. The van der Waals surface area contributed by atoms with Gasteiger partial charge < -0.3 is 9.55 Å². The monoisotopic (exact) mass is 654 g/mol. The zero-order valence-electron chi connectivity index (χ0n) is 25.4. The molecule has 0 saturated carbocycles. The van der Waals surface area contributed by atoms with Crippen LogP contribution >= 0.6 is 23.2 Å². The molecule has 6 heteroatoms. The molecule has 0 atom stereocenters. The molecule has 0 aliphatic rings. The first-order valence-electron chi connectivity index (χ1n) is 15.8. The molecule has 0 fully saturated rings. The number of nitrogens with zero attached hydrogens (tertiary/aromatic N) is 3. The van der Waals surface area contributed by atoms with Crippen molar-refractivity contribution in [1.82, 2.24) is 19.5 Å². The largest absolute Gasteiger partial charge is 0.355 e. The predicted molar refractivity (Wildman–Crippen MR) is 202 cm³/mol. The molecule has 3 heterocycles. The Morgan fingerprint density at radius 1 is 0.458 bits per heavy atom. The van der Waals surface area contributed by atoms with Crippen LogP contribution in [0.1, 0.15) is 0 Å². The summed E-state index contributed by atoms with van der Waals surface area (Å²) >= 11 is 12.4. The average Bonchev–Trinajstić information content (AvgIpc) is 3.67. The molecule has 48 heavy (non-hydrogen) atoms. The van der Waals surface area contributed by atoms with Crippen molar-refractivity contribution >= 4 is 88.6 Å². The molecule has 226 valence electrons. The van der Waals surface area contributed by atoms with Crippen LogP contribution in [0.15, 0.2) is 140 Å². The summed E-state index contributed by atoms with van der Waals surface area (Å²) < 4.78 is 2.38. The molecular formula is C42H24Cl2N4. The second-order valence-electron chi connectivity index (χ2n) is 12.2. The Morgan fingerprint density at radius 3 is 2.02 bits per heavy atom. The Bertz CT molecular complexity index is 2920. The smallest absolute Gasteiger partial charge is 0.167 e. The van der Waals surface area contributed by atoms with Crippen LogP contribution in [0.3, 0.4) is 0 Å². The number of nitrogens with one attached hydrogen (secondary N) is 1. The molecule has 3 aromatic heterocycles. The Morgan fingerprint density at radius 2 is 1.15 bits per heavy atom. The van der Waals surface area contributed by atoms with E-state index in [9.17, 15) is 0 Å². The van der Waals surface area contributed by atoms with E-state index in [1.807, 2.05) is 12.1 Å². The summed E-state index contributed by atoms with van der Waals surface area (Å²) in [6.45, 7) is 0. The summed E-state index contributed by atoms with van der Waals surface area (Å²) in [6, 6.07) is 49.8. The van der Waals surface area contributed by atoms with Crippen molar-refractivity contribution in [1.29, 1.82) is 0 Å². The number of para-hydroxylation sites is 2. The van der Waals surface area contributed by atoms with E-state index in [2.05, 4.69) is 147 Å². The maximum atomic E-state index is 6.25. The average molecular weight is 656 g/mol. The van der Waals surface area contributed by atoms with E-state index in [0.717, 1.165) is 38.8 Å². The predicted octanol–water partition coefficient (Wildman–Crippen LogP) is 12.2. The van der Waals surface area contributed by atoms with Crippen LogP contribution in [0.4, 0.5) is 0 Å².